The van der Waals surface area contributed by atoms with Gasteiger partial charge in [0, 0.05) is 6.42 Å². The second-order valence-corrected chi connectivity index (χ2v) is 6.60. The third kappa shape index (κ3) is 15.8. The van der Waals surface area contributed by atoms with Crippen LogP contribution in [-0.2, 0) is 4.79 Å². The minimum Gasteiger partial charge on any atom is -0.322 e. The lowest BCUT2D eigenvalue weighted by Crippen LogP contribution is -2.26. The van der Waals surface area contributed by atoms with Gasteiger partial charge in [-0.3, -0.25) is 4.79 Å². The van der Waals surface area contributed by atoms with Gasteiger partial charge in [0.05, 0.1) is 6.04 Å². The Kier molecular flexibility index (Phi) is 15.7. The maximum Gasteiger partial charge on any atom is 0.149 e. The molecular weight excluding hydrogens is 258 g/mol. The van der Waals surface area contributed by atoms with Crippen molar-refractivity contribution >= 4 is 5.78 Å². The SMILES string of the molecule is CCCCCCCCCCCCCCCCC(=O)[C@H](C)N. The molecule has 0 aromatic rings. The van der Waals surface area contributed by atoms with Gasteiger partial charge >= 0.3 is 0 Å². The van der Waals surface area contributed by atoms with Crippen molar-refractivity contribution in [3.05, 3.63) is 0 Å². The molecule has 0 unspecified atom stereocenters. The molecule has 0 saturated carbocycles. The number of carbonyl (C=O) groups is 1. The van der Waals surface area contributed by atoms with Gasteiger partial charge in [-0.1, -0.05) is 90.4 Å². The smallest absolute Gasteiger partial charge is 0.149 e. The standard InChI is InChI=1S/C19H39NO/c1-3-4-5-6-7-8-9-10-11-12-13-14-15-16-17-19(21)18(2)20/h18H,3-17,20H2,1-2H3/t18-/m0/s1. The van der Waals surface area contributed by atoms with Crippen LogP contribution < -0.4 is 5.73 Å². The molecule has 21 heavy (non-hydrogen) atoms. The van der Waals surface area contributed by atoms with Crippen molar-refractivity contribution in [2.24, 2.45) is 5.73 Å². The number of hydrogen-bond acceptors (Lipinski definition) is 2. The van der Waals surface area contributed by atoms with Gasteiger partial charge in [-0.2, -0.15) is 0 Å². The Balaban J connectivity index is 3.04. The Bertz CT molecular complexity index is 226. The largest absolute Gasteiger partial charge is 0.322 e. The van der Waals surface area contributed by atoms with E-state index in [1.807, 2.05) is 0 Å². The number of unbranched alkanes of at least 4 members (excludes halogenated alkanes) is 13. The number of hydrogen-bond donors (Lipinski definition) is 1. The van der Waals surface area contributed by atoms with Crippen LogP contribution >= 0.6 is 0 Å². The minimum absolute atomic E-state index is 0.217. The van der Waals surface area contributed by atoms with Gasteiger partial charge in [-0.05, 0) is 13.3 Å². The molecule has 0 aliphatic carbocycles. The van der Waals surface area contributed by atoms with Crippen molar-refractivity contribution < 1.29 is 4.79 Å². The summed E-state index contributed by atoms with van der Waals surface area (Å²) in [5.74, 6) is 0.217. The van der Waals surface area contributed by atoms with Gasteiger partial charge in [-0.25, -0.2) is 0 Å². The summed E-state index contributed by atoms with van der Waals surface area (Å²) in [6.07, 6.45) is 19.6. The summed E-state index contributed by atoms with van der Waals surface area (Å²) in [6, 6.07) is -0.271. The van der Waals surface area contributed by atoms with Crippen LogP contribution in [-0.4, -0.2) is 11.8 Å². The number of carbonyl (C=O) groups excluding carboxylic acids is 1. The summed E-state index contributed by atoms with van der Waals surface area (Å²) in [7, 11) is 0. The molecule has 126 valence electrons. The van der Waals surface area contributed by atoms with Crippen molar-refractivity contribution in [1.82, 2.24) is 0 Å². The van der Waals surface area contributed by atoms with Crippen molar-refractivity contribution in [2.45, 2.75) is 116 Å². The highest BCUT2D eigenvalue weighted by Gasteiger charge is 2.05. The van der Waals surface area contributed by atoms with Gasteiger partial charge < -0.3 is 5.73 Å². The van der Waals surface area contributed by atoms with E-state index in [-0.39, 0.29) is 11.8 Å². The molecule has 0 amide bonds. The molecule has 0 fully saturated rings. The first-order chi connectivity index (χ1) is 10.2. The highest BCUT2D eigenvalue weighted by atomic mass is 16.1. The lowest BCUT2D eigenvalue weighted by molar-refractivity contribution is -0.120. The highest BCUT2D eigenvalue weighted by Crippen LogP contribution is 2.13. The molecular formula is C19H39NO. The Morgan fingerprint density at radius 2 is 1.05 bits per heavy atom. The average Bonchev–Trinajstić information content (AvgIpc) is 2.47. The van der Waals surface area contributed by atoms with Crippen molar-refractivity contribution in [1.29, 1.82) is 0 Å². The summed E-state index contributed by atoms with van der Waals surface area (Å²) < 4.78 is 0. The molecule has 0 aliphatic heterocycles. The molecule has 0 rings (SSSR count). The third-order valence-electron chi connectivity index (χ3n) is 4.28. The summed E-state index contributed by atoms with van der Waals surface area (Å²) in [5, 5.41) is 0. The van der Waals surface area contributed by atoms with Crippen molar-refractivity contribution in [3.63, 3.8) is 0 Å². The van der Waals surface area contributed by atoms with Crippen LogP contribution in [0, 0.1) is 0 Å². The molecule has 0 aromatic heterocycles. The van der Waals surface area contributed by atoms with Crippen LogP contribution in [0.25, 0.3) is 0 Å². The first kappa shape index (κ1) is 20.6. The summed E-state index contributed by atoms with van der Waals surface area (Å²) >= 11 is 0. The molecule has 2 heteroatoms. The first-order valence-electron chi connectivity index (χ1n) is 9.46. The predicted octanol–water partition coefficient (Wildman–Crippen LogP) is 5.77. The number of nitrogens with two attached hydrogens (primary N) is 1. The second kappa shape index (κ2) is 16.0. The van der Waals surface area contributed by atoms with Crippen LogP contribution in [0.1, 0.15) is 110 Å². The summed E-state index contributed by atoms with van der Waals surface area (Å²) in [4.78, 5) is 11.3. The summed E-state index contributed by atoms with van der Waals surface area (Å²) in [6.45, 7) is 4.06. The fourth-order valence-electron chi connectivity index (χ4n) is 2.72. The Morgan fingerprint density at radius 1 is 0.714 bits per heavy atom. The monoisotopic (exact) mass is 297 g/mol. The zero-order valence-corrected chi connectivity index (χ0v) is 14.7. The van der Waals surface area contributed by atoms with Crippen molar-refractivity contribution in [3.8, 4) is 0 Å². The van der Waals surface area contributed by atoms with Gasteiger partial charge in [0.2, 0.25) is 0 Å². The Hall–Kier alpha value is -0.370. The summed E-state index contributed by atoms with van der Waals surface area (Å²) in [5.41, 5.74) is 5.54. The normalized spacial score (nSPS) is 12.5. The fraction of sp³-hybridized carbons (Fsp3) is 0.947. The number of ketones is 1. The number of rotatable bonds is 16. The van der Waals surface area contributed by atoms with E-state index < -0.39 is 0 Å². The zero-order chi connectivity index (χ0) is 15.8. The molecule has 0 bridgehead atoms. The van der Waals surface area contributed by atoms with E-state index in [0.29, 0.717) is 6.42 Å². The molecule has 0 heterocycles. The quantitative estimate of drug-likeness (QED) is 0.367. The van der Waals surface area contributed by atoms with Gasteiger partial charge in [-0.15, -0.1) is 0 Å². The van der Waals surface area contributed by atoms with Crippen LogP contribution in [0.2, 0.25) is 0 Å². The molecule has 2 nitrogen and oxygen atoms in total. The average molecular weight is 298 g/mol. The molecule has 0 spiro atoms. The highest BCUT2D eigenvalue weighted by molar-refractivity contribution is 5.83. The Morgan fingerprint density at radius 3 is 1.38 bits per heavy atom. The molecule has 0 radical (unpaired) electrons. The van der Waals surface area contributed by atoms with E-state index in [1.54, 1.807) is 6.92 Å². The van der Waals surface area contributed by atoms with E-state index in [2.05, 4.69) is 6.92 Å². The maximum absolute atomic E-state index is 11.3. The van der Waals surface area contributed by atoms with Crippen LogP contribution in [0.4, 0.5) is 0 Å². The Labute approximate surface area is 133 Å². The molecule has 2 N–H and O–H groups in total. The number of Topliss-reactive ketones (excluding diaryl/α,β-unsaturated/α-hetero) is 1. The van der Waals surface area contributed by atoms with E-state index in [9.17, 15) is 4.79 Å². The van der Waals surface area contributed by atoms with Gasteiger partial charge in [0.1, 0.15) is 5.78 Å². The van der Waals surface area contributed by atoms with E-state index in [1.165, 1.54) is 83.5 Å². The molecule has 0 aliphatic rings. The topological polar surface area (TPSA) is 43.1 Å². The molecule has 0 aromatic carbocycles. The maximum atomic E-state index is 11.3. The predicted molar refractivity (Wildman–Crippen MR) is 93.6 cm³/mol. The van der Waals surface area contributed by atoms with E-state index in [4.69, 9.17) is 5.73 Å². The lowest BCUT2D eigenvalue weighted by Gasteiger charge is -2.04. The van der Waals surface area contributed by atoms with Crippen LogP contribution in [0.15, 0.2) is 0 Å². The lowest BCUT2D eigenvalue weighted by atomic mass is 10.0. The zero-order valence-electron chi connectivity index (χ0n) is 14.7. The van der Waals surface area contributed by atoms with E-state index in [0.717, 1.165) is 6.42 Å². The molecule has 0 saturated heterocycles. The molecule has 1 atom stereocenters. The van der Waals surface area contributed by atoms with Gasteiger partial charge in [0.15, 0.2) is 0 Å². The fourth-order valence-corrected chi connectivity index (χ4v) is 2.72. The van der Waals surface area contributed by atoms with Gasteiger partial charge in [0.25, 0.3) is 0 Å². The third-order valence-corrected chi connectivity index (χ3v) is 4.28. The second-order valence-electron chi connectivity index (χ2n) is 6.60. The van der Waals surface area contributed by atoms with Crippen LogP contribution in [0.5, 0.6) is 0 Å². The minimum atomic E-state index is -0.271. The first-order valence-corrected chi connectivity index (χ1v) is 9.46. The van der Waals surface area contributed by atoms with Crippen LogP contribution in [0.3, 0.4) is 0 Å². The van der Waals surface area contributed by atoms with E-state index >= 15 is 0 Å². The van der Waals surface area contributed by atoms with Crippen molar-refractivity contribution in [2.75, 3.05) is 0 Å².